The van der Waals surface area contributed by atoms with Crippen molar-refractivity contribution >= 4 is 23.5 Å². The maximum atomic E-state index is 12.9. The summed E-state index contributed by atoms with van der Waals surface area (Å²) >= 11 is 0. The van der Waals surface area contributed by atoms with E-state index < -0.39 is 30.0 Å². The molecule has 0 fully saturated rings. The van der Waals surface area contributed by atoms with E-state index in [4.69, 9.17) is 4.74 Å². The number of nitrogens with one attached hydrogen (secondary N) is 2. The molecule has 0 saturated carbocycles. The number of carbonyl (C=O) groups is 3. The van der Waals surface area contributed by atoms with E-state index in [0.717, 1.165) is 11.1 Å². The summed E-state index contributed by atoms with van der Waals surface area (Å²) in [6.07, 6.45) is 0. The van der Waals surface area contributed by atoms with Crippen molar-refractivity contribution in [2.45, 2.75) is 19.4 Å². The first-order valence-electron chi connectivity index (χ1n) is 10.5. The monoisotopic (exact) mass is 446 g/mol. The van der Waals surface area contributed by atoms with Gasteiger partial charge >= 0.3 is 5.97 Å². The van der Waals surface area contributed by atoms with Gasteiger partial charge in [-0.25, -0.2) is 4.79 Å². The van der Waals surface area contributed by atoms with Crippen LogP contribution in [0, 0.1) is 13.8 Å². The quantitative estimate of drug-likeness (QED) is 0.462. The van der Waals surface area contributed by atoms with Crippen LogP contribution in [0.4, 0.5) is 5.69 Å². The summed E-state index contributed by atoms with van der Waals surface area (Å²) in [5.41, 5.74) is 1.18. The Kier molecular flexibility index (Phi) is 7.58. The lowest BCUT2D eigenvalue weighted by Gasteiger charge is -2.26. The van der Waals surface area contributed by atoms with Crippen molar-refractivity contribution in [3.8, 4) is 0 Å². The smallest absolute Gasteiger partial charge is 0.348 e. The van der Waals surface area contributed by atoms with Crippen LogP contribution in [0.3, 0.4) is 0 Å². The van der Waals surface area contributed by atoms with Gasteiger partial charge in [0.2, 0.25) is 11.5 Å². The first-order chi connectivity index (χ1) is 15.8. The lowest BCUT2D eigenvalue weighted by Crippen LogP contribution is -2.41. The highest BCUT2D eigenvalue weighted by Crippen LogP contribution is 2.31. The second kappa shape index (κ2) is 10.6. The molecule has 0 aromatic heterocycles. The fourth-order valence-corrected chi connectivity index (χ4v) is 3.31. The van der Waals surface area contributed by atoms with E-state index in [1.54, 1.807) is 66.7 Å². The van der Waals surface area contributed by atoms with Gasteiger partial charge in [0.1, 0.15) is 0 Å². The van der Waals surface area contributed by atoms with Crippen LogP contribution in [-0.4, -0.2) is 36.0 Å². The third-order valence-electron chi connectivity index (χ3n) is 5.34. The van der Waals surface area contributed by atoms with Crippen molar-refractivity contribution in [3.63, 3.8) is 0 Å². The van der Waals surface area contributed by atoms with Gasteiger partial charge in [0.05, 0.1) is 6.54 Å². The van der Waals surface area contributed by atoms with Crippen molar-refractivity contribution in [2.75, 3.05) is 18.5 Å². The van der Waals surface area contributed by atoms with Gasteiger partial charge in [-0.05, 0) is 42.2 Å². The van der Waals surface area contributed by atoms with E-state index >= 15 is 0 Å². The van der Waals surface area contributed by atoms with E-state index in [0.29, 0.717) is 16.8 Å². The highest BCUT2D eigenvalue weighted by molar-refractivity contribution is 5.95. The minimum absolute atomic E-state index is 0.286. The third kappa shape index (κ3) is 5.64. The molecule has 3 aromatic rings. The molecular formula is C26H26N2O5. The maximum Gasteiger partial charge on any atom is 0.348 e. The van der Waals surface area contributed by atoms with Crippen LogP contribution in [0.1, 0.15) is 22.3 Å². The van der Waals surface area contributed by atoms with Crippen LogP contribution in [0.5, 0.6) is 0 Å². The van der Waals surface area contributed by atoms with Gasteiger partial charge in [0, 0.05) is 5.69 Å². The second-order valence-corrected chi connectivity index (χ2v) is 7.59. The van der Waals surface area contributed by atoms with E-state index in [1.807, 2.05) is 26.0 Å². The van der Waals surface area contributed by atoms with Gasteiger partial charge in [0.15, 0.2) is 6.61 Å². The van der Waals surface area contributed by atoms with Crippen LogP contribution in [0.25, 0.3) is 0 Å². The molecule has 3 rings (SSSR count). The van der Waals surface area contributed by atoms with Crippen LogP contribution >= 0.6 is 0 Å². The number of esters is 1. The molecule has 33 heavy (non-hydrogen) atoms. The van der Waals surface area contributed by atoms with Gasteiger partial charge < -0.3 is 20.5 Å². The summed E-state index contributed by atoms with van der Waals surface area (Å²) in [6, 6.07) is 22.2. The molecule has 0 heterocycles. The van der Waals surface area contributed by atoms with E-state index in [1.165, 1.54) is 0 Å². The van der Waals surface area contributed by atoms with Gasteiger partial charge in [-0.15, -0.1) is 0 Å². The number of rotatable bonds is 8. The van der Waals surface area contributed by atoms with E-state index in [9.17, 15) is 19.5 Å². The Hall–Kier alpha value is -3.97. The summed E-state index contributed by atoms with van der Waals surface area (Å²) in [6.45, 7) is 2.90. The van der Waals surface area contributed by atoms with Crippen molar-refractivity contribution in [1.29, 1.82) is 0 Å². The molecule has 0 bridgehead atoms. The number of hydrogen-bond acceptors (Lipinski definition) is 5. The number of carbonyl (C=O) groups excluding carboxylic acids is 3. The normalized spacial score (nSPS) is 10.9. The minimum atomic E-state index is -2.08. The van der Waals surface area contributed by atoms with Crippen molar-refractivity contribution < 1.29 is 24.2 Å². The molecule has 0 unspecified atom stereocenters. The van der Waals surface area contributed by atoms with E-state index in [2.05, 4.69) is 10.6 Å². The third-order valence-corrected chi connectivity index (χ3v) is 5.34. The molecule has 0 aliphatic heterocycles. The molecule has 0 radical (unpaired) electrons. The molecular weight excluding hydrogens is 420 g/mol. The topological polar surface area (TPSA) is 105 Å². The number of aliphatic hydroxyl groups is 1. The predicted octanol–water partition coefficient (Wildman–Crippen LogP) is 2.84. The highest BCUT2D eigenvalue weighted by Gasteiger charge is 2.41. The van der Waals surface area contributed by atoms with E-state index in [-0.39, 0.29) is 6.54 Å². The molecule has 170 valence electrons. The number of benzene rings is 3. The van der Waals surface area contributed by atoms with Crippen molar-refractivity contribution in [1.82, 2.24) is 5.32 Å². The Morgan fingerprint density at radius 2 is 1.39 bits per heavy atom. The highest BCUT2D eigenvalue weighted by atomic mass is 16.6. The number of aryl methyl sites for hydroxylation is 1. The Morgan fingerprint density at radius 3 is 1.97 bits per heavy atom. The Labute approximate surface area is 192 Å². The SMILES string of the molecule is Cc1cccc(NC(=O)CNC(=O)COC(=O)C(O)(c2ccccc2)c2ccccc2)c1C. The Balaban J connectivity index is 1.60. The zero-order valence-electron chi connectivity index (χ0n) is 18.5. The lowest BCUT2D eigenvalue weighted by atomic mass is 9.86. The summed E-state index contributed by atoms with van der Waals surface area (Å²) in [4.78, 5) is 37.2. The van der Waals surface area contributed by atoms with Crippen LogP contribution in [-0.2, 0) is 24.7 Å². The number of ether oxygens (including phenoxy) is 1. The molecule has 0 aliphatic rings. The lowest BCUT2D eigenvalue weighted by molar-refractivity contribution is -0.164. The molecule has 2 amide bonds. The van der Waals surface area contributed by atoms with Crippen molar-refractivity contribution in [3.05, 3.63) is 101 Å². The molecule has 0 atom stereocenters. The predicted molar refractivity (Wildman–Crippen MR) is 124 cm³/mol. The molecule has 7 nitrogen and oxygen atoms in total. The number of amides is 2. The fourth-order valence-electron chi connectivity index (χ4n) is 3.31. The van der Waals surface area contributed by atoms with Crippen LogP contribution < -0.4 is 10.6 Å². The first-order valence-corrected chi connectivity index (χ1v) is 10.5. The Morgan fingerprint density at radius 1 is 0.818 bits per heavy atom. The molecule has 7 heteroatoms. The summed E-state index contributed by atoms with van der Waals surface area (Å²) in [5.74, 6) is -2.06. The minimum Gasteiger partial charge on any atom is -0.453 e. The zero-order valence-corrected chi connectivity index (χ0v) is 18.5. The van der Waals surface area contributed by atoms with Crippen molar-refractivity contribution in [2.24, 2.45) is 0 Å². The zero-order chi connectivity index (χ0) is 23.8. The molecule has 3 aromatic carbocycles. The molecule has 0 spiro atoms. The van der Waals surface area contributed by atoms with Gasteiger partial charge in [-0.3, -0.25) is 9.59 Å². The fraction of sp³-hybridized carbons (Fsp3) is 0.192. The van der Waals surface area contributed by atoms with Crippen LogP contribution in [0.2, 0.25) is 0 Å². The largest absolute Gasteiger partial charge is 0.453 e. The maximum absolute atomic E-state index is 12.9. The van der Waals surface area contributed by atoms with Crippen LogP contribution in [0.15, 0.2) is 78.9 Å². The Bertz CT molecular complexity index is 1090. The van der Waals surface area contributed by atoms with Gasteiger partial charge in [0.25, 0.3) is 5.91 Å². The first kappa shape index (κ1) is 23.7. The summed E-state index contributed by atoms with van der Waals surface area (Å²) in [5, 5.41) is 16.4. The standard InChI is InChI=1S/C26H26N2O5/c1-18-10-9-15-22(19(18)2)28-23(29)16-27-24(30)17-33-25(31)26(32,20-11-5-3-6-12-20)21-13-7-4-8-14-21/h3-15,32H,16-17H2,1-2H3,(H,27,30)(H,28,29). The molecule has 3 N–H and O–H groups in total. The molecule has 0 aliphatic carbocycles. The van der Waals surface area contributed by atoms with Gasteiger partial charge in [-0.2, -0.15) is 0 Å². The number of anilines is 1. The van der Waals surface area contributed by atoms with Gasteiger partial charge in [-0.1, -0.05) is 72.8 Å². The average Bonchev–Trinajstić information content (AvgIpc) is 2.84. The second-order valence-electron chi connectivity index (χ2n) is 7.59. The number of hydrogen-bond donors (Lipinski definition) is 3. The summed E-state index contributed by atoms with van der Waals surface area (Å²) in [7, 11) is 0. The molecule has 0 saturated heterocycles. The summed E-state index contributed by atoms with van der Waals surface area (Å²) < 4.78 is 5.13. The average molecular weight is 447 g/mol.